The zero-order valence-electron chi connectivity index (χ0n) is 11.2. The molecule has 0 bridgehead atoms. The number of alkyl halides is 3. The number of nitrogen functional groups attached to an aromatic ring is 1. The van der Waals surface area contributed by atoms with Gasteiger partial charge in [-0.1, -0.05) is 12.8 Å². The van der Waals surface area contributed by atoms with E-state index in [1.807, 2.05) is 0 Å². The van der Waals surface area contributed by atoms with Crippen molar-refractivity contribution in [1.82, 2.24) is 5.32 Å². The minimum absolute atomic E-state index is 0.00729. The molecule has 1 saturated carbocycles. The smallest absolute Gasteiger partial charge is 0.393 e. The number of hydrogen-bond acceptors (Lipinski definition) is 2. The van der Waals surface area contributed by atoms with Crippen molar-refractivity contribution >= 4 is 11.6 Å². The highest BCUT2D eigenvalue weighted by Gasteiger charge is 2.46. The first kappa shape index (κ1) is 15.6. The first-order chi connectivity index (χ1) is 9.79. The van der Waals surface area contributed by atoms with E-state index in [1.165, 1.54) is 6.07 Å². The van der Waals surface area contributed by atoms with E-state index in [2.05, 4.69) is 5.32 Å². The standard InChI is InChI=1S/C14H16F4N2O/c15-8-5-6-9(11(19)7-8)13(21)20-12-4-2-1-3-10(12)14(16,17)18/h5-7,10,12H,1-4,19H2,(H,20,21). The minimum atomic E-state index is -4.34. The Morgan fingerprint density at radius 2 is 1.90 bits per heavy atom. The van der Waals surface area contributed by atoms with Crippen LogP contribution in [-0.4, -0.2) is 18.1 Å². The summed E-state index contributed by atoms with van der Waals surface area (Å²) < 4.78 is 51.8. The van der Waals surface area contributed by atoms with Crippen molar-refractivity contribution in [3.63, 3.8) is 0 Å². The maximum Gasteiger partial charge on any atom is 0.393 e. The summed E-state index contributed by atoms with van der Waals surface area (Å²) in [5.41, 5.74) is 5.42. The van der Waals surface area contributed by atoms with Gasteiger partial charge in [-0.05, 0) is 31.0 Å². The van der Waals surface area contributed by atoms with Crippen molar-refractivity contribution in [2.45, 2.75) is 37.9 Å². The Balaban J connectivity index is 2.13. The third-order valence-corrected chi connectivity index (χ3v) is 3.76. The molecule has 3 nitrogen and oxygen atoms in total. The largest absolute Gasteiger partial charge is 0.398 e. The van der Waals surface area contributed by atoms with Gasteiger partial charge in [0.25, 0.3) is 5.91 Å². The van der Waals surface area contributed by atoms with Gasteiger partial charge in [0.15, 0.2) is 0 Å². The van der Waals surface area contributed by atoms with Gasteiger partial charge in [0.1, 0.15) is 5.82 Å². The Labute approximate surface area is 119 Å². The van der Waals surface area contributed by atoms with E-state index < -0.39 is 29.9 Å². The van der Waals surface area contributed by atoms with Crippen LogP contribution in [0, 0.1) is 11.7 Å². The van der Waals surface area contributed by atoms with Crippen molar-refractivity contribution < 1.29 is 22.4 Å². The molecule has 0 radical (unpaired) electrons. The lowest BCUT2D eigenvalue weighted by atomic mass is 9.84. The van der Waals surface area contributed by atoms with Crippen molar-refractivity contribution in [3.05, 3.63) is 29.6 Å². The van der Waals surface area contributed by atoms with E-state index in [1.54, 1.807) is 0 Å². The molecular formula is C14H16F4N2O. The van der Waals surface area contributed by atoms with Gasteiger partial charge in [-0.25, -0.2) is 4.39 Å². The fourth-order valence-electron chi connectivity index (χ4n) is 2.68. The van der Waals surface area contributed by atoms with Crippen LogP contribution >= 0.6 is 0 Å². The van der Waals surface area contributed by atoms with E-state index >= 15 is 0 Å². The van der Waals surface area contributed by atoms with E-state index in [9.17, 15) is 22.4 Å². The molecule has 21 heavy (non-hydrogen) atoms. The zero-order valence-corrected chi connectivity index (χ0v) is 11.2. The number of carbonyl (C=O) groups excluding carboxylic acids is 1. The van der Waals surface area contributed by atoms with Crippen molar-refractivity contribution in [1.29, 1.82) is 0 Å². The first-order valence-corrected chi connectivity index (χ1v) is 6.71. The lowest BCUT2D eigenvalue weighted by molar-refractivity contribution is -0.187. The van der Waals surface area contributed by atoms with Crippen LogP contribution in [0.1, 0.15) is 36.0 Å². The summed E-state index contributed by atoms with van der Waals surface area (Å²) in [4.78, 5) is 12.0. The molecule has 0 aliphatic heterocycles. The van der Waals surface area contributed by atoms with Crippen LogP contribution in [0.15, 0.2) is 18.2 Å². The fraction of sp³-hybridized carbons (Fsp3) is 0.500. The van der Waals surface area contributed by atoms with Crippen LogP contribution < -0.4 is 11.1 Å². The lowest BCUT2D eigenvalue weighted by Crippen LogP contribution is -2.47. The van der Waals surface area contributed by atoms with Gasteiger partial charge in [-0.15, -0.1) is 0 Å². The molecule has 3 N–H and O–H groups in total. The number of nitrogens with two attached hydrogens (primary N) is 1. The molecule has 1 aromatic rings. The van der Waals surface area contributed by atoms with Crippen LogP contribution in [-0.2, 0) is 0 Å². The van der Waals surface area contributed by atoms with Crippen LogP contribution in [0.25, 0.3) is 0 Å². The van der Waals surface area contributed by atoms with Gasteiger partial charge in [-0.2, -0.15) is 13.2 Å². The van der Waals surface area contributed by atoms with Crippen molar-refractivity contribution in [3.8, 4) is 0 Å². The van der Waals surface area contributed by atoms with Crippen LogP contribution in [0.5, 0.6) is 0 Å². The second kappa shape index (κ2) is 5.91. The molecule has 2 rings (SSSR count). The van der Waals surface area contributed by atoms with E-state index in [4.69, 9.17) is 5.73 Å². The van der Waals surface area contributed by atoms with Crippen LogP contribution in [0.2, 0.25) is 0 Å². The summed E-state index contributed by atoms with van der Waals surface area (Å²) in [5, 5.41) is 2.39. The molecule has 1 amide bonds. The molecular weight excluding hydrogens is 288 g/mol. The number of benzene rings is 1. The molecule has 0 spiro atoms. The zero-order chi connectivity index (χ0) is 15.6. The van der Waals surface area contributed by atoms with E-state index in [0.717, 1.165) is 12.1 Å². The number of halogens is 4. The Hall–Kier alpha value is -1.79. The number of rotatable bonds is 2. The number of nitrogens with one attached hydrogen (secondary N) is 1. The average molecular weight is 304 g/mol. The summed E-state index contributed by atoms with van der Waals surface area (Å²) >= 11 is 0. The van der Waals surface area contributed by atoms with Crippen molar-refractivity contribution in [2.24, 2.45) is 5.92 Å². The minimum Gasteiger partial charge on any atom is -0.398 e. The van der Waals surface area contributed by atoms with Gasteiger partial charge in [0.2, 0.25) is 0 Å². The van der Waals surface area contributed by atoms with Crippen LogP contribution in [0.3, 0.4) is 0 Å². The molecule has 0 aromatic heterocycles. The topological polar surface area (TPSA) is 55.1 Å². The highest BCUT2D eigenvalue weighted by atomic mass is 19.4. The number of amides is 1. The van der Waals surface area contributed by atoms with Gasteiger partial charge >= 0.3 is 6.18 Å². The number of hydrogen-bond donors (Lipinski definition) is 2. The van der Waals surface area contributed by atoms with Gasteiger partial charge in [-0.3, -0.25) is 4.79 Å². The monoisotopic (exact) mass is 304 g/mol. The summed E-state index contributed by atoms with van der Waals surface area (Å²) in [6, 6.07) is 2.23. The highest BCUT2D eigenvalue weighted by molar-refractivity contribution is 5.99. The Kier molecular flexibility index (Phi) is 4.39. The Morgan fingerprint density at radius 1 is 1.24 bits per heavy atom. The predicted molar refractivity (Wildman–Crippen MR) is 70.1 cm³/mol. The molecule has 1 fully saturated rings. The van der Waals surface area contributed by atoms with Gasteiger partial charge in [0, 0.05) is 11.7 Å². The highest BCUT2D eigenvalue weighted by Crippen LogP contribution is 2.37. The first-order valence-electron chi connectivity index (χ1n) is 6.71. The molecule has 7 heteroatoms. The van der Waals surface area contributed by atoms with Crippen molar-refractivity contribution in [2.75, 3.05) is 5.73 Å². The third kappa shape index (κ3) is 3.65. The maximum absolute atomic E-state index is 13.0. The number of carbonyl (C=O) groups is 1. The molecule has 1 aliphatic rings. The third-order valence-electron chi connectivity index (χ3n) is 3.76. The second-order valence-electron chi connectivity index (χ2n) is 5.24. The fourth-order valence-corrected chi connectivity index (χ4v) is 2.68. The van der Waals surface area contributed by atoms with E-state index in [-0.39, 0.29) is 24.1 Å². The maximum atomic E-state index is 13.0. The number of anilines is 1. The molecule has 1 aromatic carbocycles. The normalized spacial score (nSPS) is 22.9. The SMILES string of the molecule is Nc1cc(F)ccc1C(=O)NC1CCCCC1C(F)(F)F. The molecule has 0 saturated heterocycles. The molecule has 1 aliphatic carbocycles. The van der Waals surface area contributed by atoms with Crippen LogP contribution in [0.4, 0.5) is 23.2 Å². The second-order valence-corrected chi connectivity index (χ2v) is 5.24. The quantitative estimate of drug-likeness (QED) is 0.651. The molecule has 2 unspecified atom stereocenters. The summed E-state index contributed by atoms with van der Waals surface area (Å²) in [7, 11) is 0. The molecule has 116 valence electrons. The predicted octanol–water partition coefficient (Wildman–Crippen LogP) is 3.26. The lowest BCUT2D eigenvalue weighted by Gasteiger charge is -2.33. The van der Waals surface area contributed by atoms with E-state index in [0.29, 0.717) is 12.8 Å². The van der Waals surface area contributed by atoms with Gasteiger partial charge in [0.05, 0.1) is 11.5 Å². The van der Waals surface area contributed by atoms with Gasteiger partial charge < -0.3 is 11.1 Å². The average Bonchev–Trinajstić information content (AvgIpc) is 2.37. The Bertz CT molecular complexity index is 530. The molecule has 2 atom stereocenters. The molecule has 0 heterocycles. The Morgan fingerprint density at radius 3 is 2.52 bits per heavy atom. The summed E-state index contributed by atoms with van der Waals surface area (Å²) in [6.07, 6.45) is -2.93. The summed E-state index contributed by atoms with van der Waals surface area (Å²) in [6.45, 7) is 0. The summed E-state index contributed by atoms with van der Waals surface area (Å²) in [5.74, 6) is -2.85.